The zero-order valence-corrected chi connectivity index (χ0v) is 12.4. The zero-order chi connectivity index (χ0) is 14.3. The van der Waals surface area contributed by atoms with E-state index in [-0.39, 0.29) is 12.5 Å². The summed E-state index contributed by atoms with van der Waals surface area (Å²) in [7, 11) is 1.84. The van der Waals surface area contributed by atoms with Crippen molar-refractivity contribution in [2.75, 3.05) is 20.2 Å². The van der Waals surface area contributed by atoms with Crippen LogP contribution in [0, 0.1) is 5.92 Å². The molecule has 19 heavy (non-hydrogen) atoms. The monoisotopic (exact) mass is 284 g/mol. The van der Waals surface area contributed by atoms with Gasteiger partial charge in [-0.25, -0.2) is 0 Å². The van der Waals surface area contributed by atoms with Gasteiger partial charge in [-0.2, -0.15) is 0 Å². The average molecular weight is 285 g/mol. The van der Waals surface area contributed by atoms with Crippen LogP contribution >= 0.6 is 11.6 Å². The van der Waals surface area contributed by atoms with Gasteiger partial charge in [0.2, 0.25) is 0 Å². The Hall–Kier alpha value is -1.26. The molecule has 1 aromatic carbocycles. The maximum Gasteiger partial charge on any atom is 0.257 e. The Kier molecular flexibility index (Phi) is 6.67. The molecule has 0 spiro atoms. The van der Waals surface area contributed by atoms with E-state index in [9.17, 15) is 4.79 Å². The summed E-state index contributed by atoms with van der Waals surface area (Å²) in [5, 5.41) is 6.47. The summed E-state index contributed by atoms with van der Waals surface area (Å²) >= 11 is 6.11. The van der Waals surface area contributed by atoms with Crippen molar-refractivity contribution < 1.29 is 9.53 Å². The van der Waals surface area contributed by atoms with Crippen LogP contribution in [0.25, 0.3) is 0 Å². The van der Waals surface area contributed by atoms with Gasteiger partial charge in [0.1, 0.15) is 5.75 Å². The lowest BCUT2D eigenvalue weighted by Gasteiger charge is -2.13. The molecule has 0 atom stereocenters. The number of carbonyl (C=O) groups is 1. The molecule has 0 saturated heterocycles. The molecule has 1 amide bonds. The topological polar surface area (TPSA) is 50.4 Å². The summed E-state index contributed by atoms with van der Waals surface area (Å²) in [6, 6.07) is 5.43. The van der Waals surface area contributed by atoms with Crippen LogP contribution in [0.1, 0.15) is 19.4 Å². The molecule has 0 bridgehead atoms. The molecular weight excluding hydrogens is 264 g/mol. The predicted octanol–water partition coefficient (Wildman–Crippen LogP) is 2.21. The van der Waals surface area contributed by atoms with Crippen molar-refractivity contribution >= 4 is 17.5 Å². The van der Waals surface area contributed by atoms with Crippen LogP contribution in [0.2, 0.25) is 5.02 Å². The Bertz CT molecular complexity index is 422. The van der Waals surface area contributed by atoms with E-state index in [4.69, 9.17) is 16.3 Å². The van der Waals surface area contributed by atoms with Gasteiger partial charge < -0.3 is 15.4 Å². The minimum atomic E-state index is -0.121. The van der Waals surface area contributed by atoms with Gasteiger partial charge in [-0.1, -0.05) is 31.5 Å². The lowest BCUT2D eigenvalue weighted by Crippen LogP contribution is -2.31. The highest BCUT2D eigenvalue weighted by atomic mass is 35.5. The standard InChI is InChI=1S/C14H21ClN2O2/c1-10(2)7-17-14(18)9-19-13-6-4-5-12(15)11(13)8-16-3/h4-6,10,16H,7-9H2,1-3H3,(H,17,18). The van der Waals surface area contributed by atoms with Crippen LogP contribution in [0.3, 0.4) is 0 Å². The molecule has 5 heteroatoms. The maximum atomic E-state index is 11.6. The summed E-state index contributed by atoms with van der Waals surface area (Å²) in [5.41, 5.74) is 0.864. The van der Waals surface area contributed by atoms with Gasteiger partial charge in [-0.05, 0) is 25.1 Å². The number of hydrogen-bond donors (Lipinski definition) is 2. The van der Waals surface area contributed by atoms with Crippen LogP contribution in [0.15, 0.2) is 18.2 Å². The Labute approximate surface area is 119 Å². The van der Waals surface area contributed by atoms with E-state index < -0.39 is 0 Å². The fraction of sp³-hybridized carbons (Fsp3) is 0.500. The summed E-state index contributed by atoms with van der Waals surface area (Å²) < 4.78 is 5.53. The molecule has 0 aliphatic carbocycles. The van der Waals surface area contributed by atoms with E-state index in [1.807, 2.05) is 33.0 Å². The van der Waals surface area contributed by atoms with Crippen molar-refractivity contribution in [2.45, 2.75) is 20.4 Å². The minimum Gasteiger partial charge on any atom is -0.483 e. The molecule has 1 aromatic rings. The highest BCUT2D eigenvalue weighted by molar-refractivity contribution is 6.31. The maximum absolute atomic E-state index is 11.6. The quantitative estimate of drug-likeness (QED) is 0.807. The van der Waals surface area contributed by atoms with Gasteiger partial charge in [-0.3, -0.25) is 4.79 Å². The summed E-state index contributed by atoms with van der Waals surface area (Å²) in [6.45, 7) is 5.35. The average Bonchev–Trinajstić information content (AvgIpc) is 2.37. The van der Waals surface area contributed by atoms with Crippen LogP contribution in [0.5, 0.6) is 5.75 Å². The van der Waals surface area contributed by atoms with Crippen molar-refractivity contribution in [1.82, 2.24) is 10.6 Å². The van der Waals surface area contributed by atoms with Crippen molar-refractivity contribution in [3.8, 4) is 5.75 Å². The lowest BCUT2D eigenvalue weighted by atomic mass is 10.2. The number of ether oxygens (including phenoxy) is 1. The third kappa shape index (κ3) is 5.49. The van der Waals surface area contributed by atoms with Gasteiger partial charge in [0, 0.05) is 23.7 Å². The fourth-order valence-electron chi connectivity index (χ4n) is 1.53. The van der Waals surface area contributed by atoms with Gasteiger partial charge in [0.15, 0.2) is 6.61 Å². The summed E-state index contributed by atoms with van der Waals surface area (Å²) in [5.74, 6) is 0.945. The second-order valence-electron chi connectivity index (χ2n) is 4.73. The molecule has 2 N–H and O–H groups in total. The smallest absolute Gasteiger partial charge is 0.257 e. The second kappa shape index (κ2) is 8.02. The van der Waals surface area contributed by atoms with Crippen LogP contribution in [-0.4, -0.2) is 26.1 Å². The number of carbonyl (C=O) groups excluding carboxylic acids is 1. The van der Waals surface area contributed by atoms with Gasteiger partial charge in [0.25, 0.3) is 5.91 Å². The first-order valence-corrected chi connectivity index (χ1v) is 6.74. The van der Waals surface area contributed by atoms with Crippen LogP contribution in [0.4, 0.5) is 0 Å². The third-order valence-electron chi connectivity index (χ3n) is 2.50. The molecule has 0 aliphatic heterocycles. The molecule has 0 heterocycles. The molecule has 0 aromatic heterocycles. The van der Waals surface area contributed by atoms with E-state index in [1.54, 1.807) is 6.07 Å². The Balaban J connectivity index is 2.57. The Morgan fingerprint density at radius 2 is 2.16 bits per heavy atom. The lowest BCUT2D eigenvalue weighted by molar-refractivity contribution is -0.123. The Morgan fingerprint density at radius 3 is 2.79 bits per heavy atom. The first-order chi connectivity index (χ1) is 9.04. The number of halogens is 1. The van der Waals surface area contributed by atoms with E-state index in [1.165, 1.54) is 0 Å². The van der Waals surface area contributed by atoms with Gasteiger partial charge in [0.05, 0.1) is 0 Å². The third-order valence-corrected chi connectivity index (χ3v) is 2.85. The Morgan fingerprint density at radius 1 is 1.42 bits per heavy atom. The van der Waals surface area contributed by atoms with Crippen molar-refractivity contribution in [2.24, 2.45) is 5.92 Å². The first kappa shape index (κ1) is 15.8. The van der Waals surface area contributed by atoms with Crippen molar-refractivity contribution in [3.63, 3.8) is 0 Å². The SMILES string of the molecule is CNCc1c(Cl)cccc1OCC(=O)NCC(C)C. The fourth-order valence-corrected chi connectivity index (χ4v) is 1.77. The molecule has 106 valence electrons. The van der Waals surface area contributed by atoms with Crippen LogP contribution in [-0.2, 0) is 11.3 Å². The normalized spacial score (nSPS) is 10.6. The molecule has 0 radical (unpaired) electrons. The minimum absolute atomic E-state index is 0.00375. The van der Waals surface area contributed by atoms with E-state index in [0.717, 1.165) is 5.56 Å². The van der Waals surface area contributed by atoms with Gasteiger partial charge >= 0.3 is 0 Å². The van der Waals surface area contributed by atoms with Gasteiger partial charge in [-0.15, -0.1) is 0 Å². The number of nitrogens with one attached hydrogen (secondary N) is 2. The largest absolute Gasteiger partial charge is 0.483 e. The molecule has 0 fully saturated rings. The number of amides is 1. The molecule has 0 saturated carbocycles. The highest BCUT2D eigenvalue weighted by Gasteiger charge is 2.09. The van der Waals surface area contributed by atoms with Crippen LogP contribution < -0.4 is 15.4 Å². The number of benzene rings is 1. The summed E-state index contributed by atoms with van der Waals surface area (Å²) in [6.07, 6.45) is 0. The first-order valence-electron chi connectivity index (χ1n) is 6.36. The van der Waals surface area contributed by atoms with Crippen molar-refractivity contribution in [1.29, 1.82) is 0 Å². The van der Waals surface area contributed by atoms with E-state index in [0.29, 0.717) is 29.8 Å². The zero-order valence-electron chi connectivity index (χ0n) is 11.6. The summed E-state index contributed by atoms with van der Waals surface area (Å²) in [4.78, 5) is 11.6. The molecule has 1 rings (SSSR count). The second-order valence-corrected chi connectivity index (χ2v) is 5.14. The molecular formula is C14H21ClN2O2. The number of hydrogen-bond acceptors (Lipinski definition) is 3. The van der Waals surface area contributed by atoms with E-state index in [2.05, 4.69) is 10.6 Å². The molecule has 0 aliphatic rings. The predicted molar refractivity (Wildman–Crippen MR) is 77.6 cm³/mol. The highest BCUT2D eigenvalue weighted by Crippen LogP contribution is 2.26. The molecule has 0 unspecified atom stereocenters. The van der Waals surface area contributed by atoms with E-state index >= 15 is 0 Å². The van der Waals surface area contributed by atoms with Crippen molar-refractivity contribution in [3.05, 3.63) is 28.8 Å². The number of rotatable bonds is 7. The molecule has 4 nitrogen and oxygen atoms in total.